The monoisotopic (exact) mass is 762 g/mol. The molecule has 1 heterocycles. The lowest BCUT2D eigenvalue weighted by Gasteiger charge is -2.37. The van der Waals surface area contributed by atoms with Crippen molar-refractivity contribution < 1.29 is 47.7 Å². The van der Waals surface area contributed by atoms with Crippen molar-refractivity contribution in [3.8, 4) is 0 Å². The lowest BCUT2D eigenvalue weighted by molar-refractivity contribution is -0.163. The van der Waals surface area contributed by atoms with Gasteiger partial charge in [0.2, 0.25) is 0 Å². The maximum absolute atomic E-state index is 14.1. The SMILES string of the molecule is COC(=O)c1ccc(C(C(=O)OC(C)(C)C)N2CCN(CC(=O)OC(C)(C)C)CCN(CC(=O)OC(C)(C)C)CCN(CC(=O)OC(C)(C)C)CC2)cc1. The van der Waals surface area contributed by atoms with Crippen molar-refractivity contribution in [2.45, 2.75) is 112 Å². The molecule has 1 aromatic rings. The van der Waals surface area contributed by atoms with Gasteiger partial charge in [-0.3, -0.25) is 34.0 Å². The Morgan fingerprint density at radius 2 is 0.833 bits per heavy atom. The third-order valence-corrected chi connectivity index (χ3v) is 7.83. The fraction of sp³-hybridized carbons (Fsp3) is 0.725. The molecular formula is C40H66N4O10. The third-order valence-electron chi connectivity index (χ3n) is 7.83. The highest BCUT2D eigenvalue weighted by Gasteiger charge is 2.34. The van der Waals surface area contributed by atoms with Gasteiger partial charge in [-0.2, -0.15) is 0 Å². The van der Waals surface area contributed by atoms with Gasteiger partial charge in [0.15, 0.2) is 0 Å². The summed E-state index contributed by atoms with van der Waals surface area (Å²) in [4.78, 5) is 73.5. The van der Waals surface area contributed by atoms with Gasteiger partial charge in [-0.1, -0.05) is 12.1 Å². The number of ether oxygens (including phenoxy) is 5. The summed E-state index contributed by atoms with van der Waals surface area (Å²) in [7, 11) is 1.30. The third kappa shape index (κ3) is 18.6. The predicted octanol–water partition coefficient (Wildman–Crippen LogP) is 4.10. The maximum Gasteiger partial charge on any atom is 0.337 e. The first-order valence-corrected chi connectivity index (χ1v) is 18.7. The summed E-state index contributed by atoms with van der Waals surface area (Å²) in [5.74, 6) is -2.16. The van der Waals surface area contributed by atoms with E-state index in [1.54, 1.807) is 45.0 Å². The van der Waals surface area contributed by atoms with Crippen LogP contribution in [0.1, 0.15) is 105 Å². The van der Waals surface area contributed by atoms with Crippen LogP contribution in [-0.2, 0) is 42.9 Å². The second-order valence-corrected chi connectivity index (χ2v) is 17.7. The summed E-state index contributed by atoms with van der Waals surface area (Å²) in [6, 6.07) is 5.75. The van der Waals surface area contributed by atoms with Gasteiger partial charge < -0.3 is 23.7 Å². The topological polar surface area (TPSA) is 144 Å². The van der Waals surface area contributed by atoms with Crippen molar-refractivity contribution in [1.29, 1.82) is 0 Å². The molecule has 1 aliphatic rings. The molecule has 1 aromatic carbocycles. The molecule has 1 aliphatic heterocycles. The number of methoxy groups -OCH3 is 1. The molecular weight excluding hydrogens is 696 g/mol. The maximum atomic E-state index is 14.1. The number of rotatable bonds is 10. The average molecular weight is 763 g/mol. The van der Waals surface area contributed by atoms with Gasteiger partial charge in [0, 0.05) is 52.4 Å². The van der Waals surface area contributed by atoms with Crippen molar-refractivity contribution in [1.82, 2.24) is 19.6 Å². The molecule has 0 amide bonds. The van der Waals surface area contributed by atoms with Crippen LogP contribution in [0.2, 0.25) is 0 Å². The van der Waals surface area contributed by atoms with Crippen LogP contribution in [0.4, 0.5) is 0 Å². The molecule has 0 N–H and O–H groups in total. The molecule has 0 radical (unpaired) electrons. The van der Waals surface area contributed by atoms with Gasteiger partial charge in [0.25, 0.3) is 0 Å². The predicted molar refractivity (Wildman–Crippen MR) is 205 cm³/mol. The fourth-order valence-corrected chi connectivity index (χ4v) is 5.73. The molecule has 0 aliphatic carbocycles. The highest BCUT2D eigenvalue weighted by atomic mass is 16.6. The van der Waals surface area contributed by atoms with E-state index < -0.39 is 52.3 Å². The molecule has 0 bridgehead atoms. The summed E-state index contributed by atoms with van der Waals surface area (Å²) in [5, 5.41) is 0. The van der Waals surface area contributed by atoms with Crippen LogP contribution in [0.5, 0.6) is 0 Å². The lowest BCUT2D eigenvalue weighted by atomic mass is 10.0. The Bertz CT molecular complexity index is 1360. The van der Waals surface area contributed by atoms with E-state index in [9.17, 15) is 24.0 Å². The quantitative estimate of drug-likeness (QED) is 0.249. The molecule has 306 valence electrons. The van der Waals surface area contributed by atoms with E-state index in [1.165, 1.54) is 7.11 Å². The van der Waals surface area contributed by atoms with Crippen molar-refractivity contribution in [3.05, 3.63) is 35.4 Å². The number of hydrogen-bond donors (Lipinski definition) is 0. The van der Waals surface area contributed by atoms with Crippen LogP contribution >= 0.6 is 0 Å². The largest absolute Gasteiger partial charge is 0.465 e. The summed E-state index contributed by atoms with van der Waals surface area (Å²) in [6.45, 7) is 24.7. The number of carbonyl (C=O) groups excluding carboxylic acids is 5. The van der Waals surface area contributed by atoms with Crippen LogP contribution in [0.25, 0.3) is 0 Å². The van der Waals surface area contributed by atoms with E-state index in [1.807, 2.05) is 81.9 Å². The molecule has 0 saturated carbocycles. The number of esters is 5. The van der Waals surface area contributed by atoms with E-state index >= 15 is 0 Å². The Kier molecular flexibility index (Phi) is 17.1. The molecule has 2 rings (SSSR count). The number of carbonyl (C=O) groups is 5. The van der Waals surface area contributed by atoms with Gasteiger partial charge in [-0.25, -0.2) is 9.59 Å². The van der Waals surface area contributed by atoms with Crippen LogP contribution in [0.15, 0.2) is 24.3 Å². The Labute approximate surface area is 322 Å². The van der Waals surface area contributed by atoms with Crippen molar-refractivity contribution >= 4 is 29.8 Å². The normalized spacial score (nSPS) is 17.4. The first kappa shape index (κ1) is 46.6. The van der Waals surface area contributed by atoms with Crippen LogP contribution in [-0.4, -0.2) is 151 Å². The fourth-order valence-electron chi connectivity index (χ4n) is 5.73. The number of hydrogen-bond acceptors (Lipinski definition) is 14. The van der Waals surface area contributed by atoms with Gasteiger partial charge >= 0.3 is 29.8 Å². The van der Waals surface area contributed by atoms with E-state index in [-0.39, 0.29) is 25.6 Å². The van der Waals surface area contributed by atoms with E-state index in [0.717, 1.165) is 0 Å². The Morgan fingerprint density at radius 1 is 0.519 bits per heavy atom. The molecule has 54 heavy (non-hydrogen) atoms. The van der Waals surface area contributed by atoms with E-state index in [0.29, 0.717) is 63.5 Å². The summed E-state index contributed by atoms with van der Waals surface area (Å²) in [6.07, 6.45) is 0. The van der Waals surface area contributed by atoms with Gasteiger partial charge in [-0.15, -0.1) is 0 Å². The smallest absolute Gasteiger partial charge is 0.337 e. The highest BCUT2D eigenvalue weighted by Crippen LogP contribution is 2.26. The van der Waals surface area contributed by atoms with Gasteiger partial charge in [0.05, 0.1) is 32.3 Å². The molecule has 14 nitrogen and oxygen atoms in total. The lowest BCUT2D eigenvalue weighted by Crippen LogP contribution is -2.51. The molecule has 1 fully saturated rings. The molecule has 0 aromatic heterocycles. The van der Waals surface area contributed by atoms with Gasteiger partial charge in [-0.05, 0) is 101 Å². The number of benzene rings is 1. The Balaban J connectivity index is 2.60. The molecule has 1 unspecified atom stereocenters. The van der Waals surface area contributed by atoms with Crippen LogP contribution in [0.3, 0.4) is 0 Å². The molecule has 0 spiro atoms. The zero-order valence-corrected chi connectivity index (χ0v) is 35.0. The molecule has 1 saturated heterocycles. The summed E-state index contributed by atoms with van der Waals surface area (Å²) >= 11 is 0. The second kappa shape index (κ2) is 19.8. The van der Waals surface area contributed by atoms with Crippen molar-refractivity contribution in [2.24, 2.45) is 0 Å². The average Bonchev–Trinajstić information content (AvgIpc) is 2.98. The van der Waals surface area contributed by atoms with Crippen molar-refractivity contribution in [3.63, 3.8) is 0 Å². The Morgan fingerprint density at radius 3 is 1.13 bits per heavy atom. The second-order valence-electron chi connectivity index (χ2n) is 17.7. The summed E-state index contributed by atoms with van der Waals surface area (Å²) in [5.41, 5.74) is -1.90. The van der Waals surface area contributed by atoms with Crippen LogP contribution in [0, 0.1) is 0 Å². The van der Waals surface area contributed by atoms with Crippen LogP contribution < -0.4 is 0 Å². The minimum Gasteiger partial charge on any atom is -0.465 e. The number of nitrogens with zero attached hydrogens (tertiary/aromatic N) is 4. The standard InChI is InChI=1S/C40H66N4O10/c1-37(2,3)51-31(45)26-41-18-20-42(27-32(46)52-38(4,5)6)22-24-44(25-23-43(21-19-41)28-33(47)53-39(7,8)9)34(36(49)54-40(10,11)12)29-14-16-30(17-15-29)35(48)50-13/h14-17,34H,18-28H2,1-13H3. The zero-order chi connectivity index (χ0) is 41.1. The van der Waals surface area contributed by atoms with Gasteiger partial charge in [0.1, 0.15) is 28.4 Å². The highest BCUT2D eigenvalue weighted by molar-refractivity contribution is 5.89. The summed E-state index contributed by atoms with van der Waals surface area (Å²) < 4.78 is 27.8. The zero-order valence-electron chi connectivity index (χ0n) is 35.0. The van der Waals surface area contributed by atoms with Crippen molar-refractivity contribution in [2.75, 3.05) is 79.1 Å². The minimum absolute atomic E-state index is 0.0128. The molecule has 1 atom stereocenters. The minimum atomic E-state index is -0.894. The molecule has 14 heteroatoms. The first-order chi connectivity index (χ1) is 24.7. The van der Waals surface area contributed by atoms with E-state index in [4.69, 9.17) is 23.7 Å². The first-order valence-electron chi connectivity index (χ1n) is 18.7. The Hall–Kier alpha value is -3.59. The van der Waals surface area contributed by atoms with E-state index in [2.05, 4.69) is 0 Å².